The highest BCUT2D eigenvalue weighted by molar-refractivity contribution is 9.10. The number of nitrogens with zero attached hydrogens (tertiary/aromatic N) is 3. The monoisotopic (exact) mass is 398 g/mol. The summed E-state index contributed by atoms with van der Waals surface area (Å²) in [6.07, 6.45) is 3.40. The molecule has 0 saturated carbocycles. The van der Waals surface area contributed by atoms with Crippen molar-refractivity contribution >= 4 is 21.6 Å². The van der Waals surface area contributed by atoms with Crippen molar-refractivity contribution in [1.29, 1.82) is 0 Å². The van der Waals surface area contributed by atoms with Crippen molar-refractivity contribution in [2.24, 2.45) is 0 Å². The molecule has 1 fully saturated rings. The fourth-order valence-electron chi connectivity index (χ4n) is 3.46. The van der Waals surface area contributed by atoms with Crippen LogP contribution in [0.3, 0.4) is 0 Å². The SMILES string of the molecule is Cc1ccc2nc(-c3ccc(Br)cc3)c(CN3CCCNCC3)n2c1. The van der Waals surface area contributed by atoms with Crippen LogP contribution in [0.15, 0.2) is 47.1 Å². The van der Waals surface area contributed by atoms with Crippen molar-refractivity contribution in [1.82, 2.24) is 19.6 Å². The maximum absolute atomic E-state index is 4.95. The number of fused-ring (bicyclic) bond motifs is 1. The van der Waals surface area contributed by atoms with Crippen LogP contribution in [-0.2, 0) is 6.54 Å². The molecule has 1 aliphatic rings. The maximum atomic E-state index is 4.95. The number of rotatable bonds is 3. The number of aryl methyl sites for hydroxylation is 1. The van der Waals surface area contributed by atoms with Crippen molar-refractivity contribution in [3.63, 3.8) is 0 Å². The number of imidazole rings is 1. The smallest absolute Gasteiger partial charge is 0.137 e. The lowest BCUT2D eigenvalue weighted by Crippen LogP contribution is -2.28. The first-order valence-electron chi connectivity index (χ1n) is 8.87. The molecular formula is C20H23BrN4. The van der Waals surface area contributed by atoms with Crippen LogP contribution < -0.4 is 5.32 Å². The number of halogens is 1. The lowest BCUT2D eigenvalue weighted by atomic mass is 10.1. The highest BCUT2D eigenvalue weighted by Gasteiger charge is 2.18. The van der Waals surface area contributed by atoms with Gasteiger partial charge in [0.15, 0.2) is 0 Å². The fourth-order valence-corrected chi connectivity index (χ4v) is 3.73. The molecule has 130 valence electrons. The number of aromatic nitrogens is 2. The maximum Gasteiger partial charge on any atom is 0.137 e. The third kappa shape index (κ3) is 3.64. The van der Waals surface area contributed by atoms with Gasteiger partial charge in [-0.1, -0.05) is 34.1 Å². The molecule has 0 aliphatic carbocycles. The Morgan fingerprint density at radius 1 is 1.08 bits per heavy atom. The second kappa shape index (κ2) is 7.28. The molecule has 4 rings (SSSR count). The zero-order valence-electron chi connectivity index (χ0n) is 14.5. The Hall–Kier alpha value is -1.69. The summed E-state index contributed by atoms with van der Waals surface area (Å²) >= 11 is 3.53. The second-order valence-electron chi connectivity index (χ2n) is 6.73. The summed E-state index contributed by atoms with van der Waals surface area (Å²) in [5.41, 5.74) is 5.82. The molecule has 5 heteroatoms. The summed E-state index contributed by atoms with van der Waals surface area (Å²) in [6.45, 7) is 7.45. The summed E-state index contributed by atoms with van der Waals surface area (Å²) in [5.74, 6) is 0. The molecule has 2 aromatic heterocycles. The molecule has 1 aliphatic heterocycles. The third-order valence-corrected chi connectivity index (χ3v) is 5.32. The van der Waals surface area contributed by atoms with Gasteiger partial charge in [0.25, 0.3) is 0 Å². The molecule has 1 saturated heterocycles. The quantitative estimate of drug-likeness (QED) is 0.726. The van der Waals surface area contributed by atoms with Gasteiger partial charge in [-0.05, 0) is 50.2 Å². The van der Waals surface area contributed by atoms with Crippen LogP contribution >= 0.6 is 15.9 Å². The van der Waals surface area contributed by atoms with Gasteiger partial charge in [-0.15, -0.1) is 0 Å². The Labute approximate surface area is 157 Å². The number of pyridine rings is 1. The number of hydrogen-bond donors (Lipinski definition) is 1. The molecule has 25 heavy (non-hydrogen) atoms. The molecule has 3 heterocycles. The molecule has 1 N–H and O–H groups in total. The van der Waals surface area contributed by atoms with Crippen molar-refractivity contribution in [3.05, 3.63) is 58.3 Å². The zero-order valence-corrected chi connectivity index (χ0v) is 16.1. The molecule has 0 bridgehead atoms. The number of nitrogens with one attached hydrogen (secondary N) is 1. The van der Waals surface area contributed by atoms with Crippen LogP contribution in [0.4, 0.5) is 0 Å². The van der Waals surface area contributed by atoms with Crippen molar-refractivity contribution in [2.75, 3.05) is 26.2 Å². The fraction of sp³-hybridized carbons (Fsp3) is 0.350. The van der Waals surface area contributed by atoms with Gasteiger partial charge >= 0.3 is 0 Å². The summed E-state index contributed by atoms with van der Waals surface area (Å²) in [7, 11) is 0. The predicted octanol–water partition coefficient (Wildman–Crippen LogP) is 3.87. The average molecular weight is 399 g/mol. The van der Waals surface area contributed by atoms with Gasteiger partial charge < -0.3 is 9.72 Å². The highest BCUT2D eigenvalue weighted by atomic mass is 79.9. The Bertz CT molecular complexity index is 861. The molecule has 0 unspecified atom stereocenters. The zero-order chi connectivity index (χ0) is 17.2. The average Bonchev–Trinajstić information content (AvgIpc) is 2.79. The molecule has 0 radical (unpaired) electrons. The van der Waals surface area contributed by atoms with E-state index in [0.717, 1.165) is 48.5 Å². The first-order valence-corrected chi connectivity index (χ1v) is 9.66. The molecule has 1 aromatic carbocycles. The van der Waals surface area contributed by atoms with Crippen LogP contribution in [0.2, 0.25) is 0 Å². The van der Waals surface area contributed by atoms with Crippen LogP contribution in [0.1, 0.15) is 17.7 Å². The van der Waals surface area contributed by atoms with Gasteiger partial charge in [-0.2, -0.15) is 0 Å². The van der Waals surface area contributed by atoms with Gasteiger partial charge in [0, 0.05) is 35.9 Å². The van der Waals surface area contributed by atoms with Crippen LogP contribution in [0.5, 0.6) is 0 Å². The van der Waals surface area contributed by atoms with E-state index in [1.165, 1.54) is 23.2 Å². The summed E-state index contributed by atoms with van der Waals surface area (Å²) in [5, 5.41) is 3.49. The van der Waals surface area contributed by atoms with Crippen molar-refractivity contribution < 1.29 is 0 Å². The van der Waals surface area contributed by atoms with Crippen molar-refractivity contribution in [2.45, 2.75) is 19.9 Å². The summed E-state index contributed by atoms with van der Waals surface area (Å²) < 4.78 is 3.36. The lowest BCUT2D eigenvalue weighted by molar-refractivity contribution is 0.281. The van der Waals surface area contributed by atoms with Gasteiger partial charge in [0.2, 0.25) is 0 Å². The lowest BCUT2D eigenvalue weighted by Gasteiger charge is -2.20. The summed E-state index contributed by atoms with van der Waals surface area (Å²) in [6, 6.07) is 12.7. The van der Waals surface area contributed by atoms with E-state index in [0.29, 0.717) is 0 Å². The first-order chi connectivity index (χ1) is 12.2. The van der Waals surface area contributed by atoms with E-state index >= 15 is 0 Å². The van der Waals surface area contributed by atoms with Gasteiger partial charge in [-0.3, -0.25) is 4.90 Å². The highest BCUT2D eigenvalue weighted by Crippen LogP contribution is 2.27. The van der Waals surface area contributed by atoms with E-state index < -0.39 is 0 Å². The molecule has 0 atom stereocenters. The first kappa shape index (κ1) is 16.8. The molecular weight excluding hydrogens is 376 g/mol. The Balaban J connectivity index is 1.79. The molecule has 0 spiro atoms. The van der Waals surface area contributed by atoms with E-state index in [9.17, 15) is 0 Å². The Morgan fingerprint density at radius 2 is 1.92 bits per heavy atom. The molecule has 4 nitrogen and oxygen atoms in total. The van der Waals surface area contributed by atoms with Gasteiger partial charge in [0.1, 0.15) is 5.65 Å². The van der Waals surface area contributed by atoms with Crippen molar-refractivity contribution in [3.8, 4) is 11.3 Å². The Kier molecular flexibility index (Phi) is 4.88. The van der Waals surface area contributed by atoms with E-state index in [-0.39, 0.29) is 0 Å². The van der Waals surface area contributed by atoms with Gasteiger partial charge in [-0.25, -0.2) is 4.98 Å². The summed E-state index contributed by atoms with van der Waals surface area (Å²) in [4.78, 5) is 7.48. The minimum Gasteiger partial charge on any atom is -0.315 e. The van der Waals surface area contributed by atoms with Crippen LogP contribution in [-0.4, -0.2) is 40.5 Å². The largest absolute Gasteiger partial charge is 0.315 e. The second-order valence-corrected chi connectivity index (χ2v) is 7.64. The van der Waals surface area contributed by atoms with E-state index in [4.69, 9.17) is 4.98 Å². The molecule has 3 aromatic rings. The number of benzene rings is 1. The predicted molar refractivity (Wildman–Crippen MR) is 106 cm³/mol. The van der Waals surface area contributed by atoms with E-state index in [2.05, 4.69) is 80.1 Å². The van der Waals surface area contributed by atoms with Crippen LogP contribution in [0.25, 0.3) is 16.9 Å². The van der Waals surface area contributed by atoms with E-state index in [1.807, 2.05) is 0 Å². The third-order valence-electron chi connectivity index (χ3n) is 4.79. The Morgan fingerprint density at radius 3 is 2.76 bits per heavy atom. The normalized spacial score (nSPS) is 16.2. The van der Waals surface area contributed by atoms with E-state index in [1.54, 1.807) is 0 Å². The minimum absolute atomic E-state index is 0.928. The van der Waals surface area contributed by atoms with Gasteiger partial charge in [0.05, 0.1) is 11.4 Å². The molecule has 0 amide bonds. The standard InChI is InChI=1S/C20H23BrN4/c1-15-3-8-19-23-20(16-4-6-17(21)7-5-16)18(25(19)13-15)14-24-11-2-9-22-10-12-24/h3-8,13,22H,2,9-12,14H2,1H3. The topological polar surface area (TPSA) is 32.6 Å². The minimum atomic E-state index is 0.928. The van der Waals surface area contributed by atoms with Crippen LogP contribution in [0, 0.1) is 6.92 Å². The number of hydrogen-bond acceptors (Lipinski definition) is 3.